The Labute approximate surface area is 160 Å². The van der Waals surface area contributed by atoms with Crippen LogP contribution in [0.1, 0.15) is 36.2 Å². The number of halogens is 1. The molecule has 1 aromatic carbocycles. The molecular formula is C19H19FN6O2. The van der Waals surface area contributed by atoms with Gasteiger partial charge in [-0.05, 0) is 37.8 Å². The number of nitrogens with one attached hydrogen (secondary N) is 1. The average molecular weight is 382 g/mol. The molecule has 1 amide bonds. The number of ether oxygens (including phenoxy) is 1. The summed E-state index contributed by atoms with van der Waals surface area (Å²) >= 11 is 0. The highest BCUT2D eigenvalue weighted by Gasteiger charge is 2.25. The first kappa shape index (κ1) is 18.0. The van der Waals surface area contributed by atoms with Crippen molar-refractivity contribution in [3.63, 3.8) is 0 Å². The highest BCUT2D eigenvalue weighted by atomic mass is 19.1. The zero-order chi connectivity index (χ0) is 19.3. The molecule has 1 fully saturated rings. The van der Waals surface area contributed by atoms with Crippen LogP contribution < -0.4 is 10.1 Å². The maximum Gasteiger partial charge on any atom is 0.316 e. The molecule has 8 nitrogen and oxygen atoms in total. The highest BCUT2D eigenvalue weighted by Crippen LogP contribution is 2.22. The van der Waals surface area contributed by atoms with Crippen LogP contribution in [0, 0.1) is 5.82 Å². The van der Waals surface area contributed by atoms with E-state index in [0.717, 1.165) is 43.8 Å². The van der Waals surface area contributed by atoms with Gasteiger partial charge >= 0.3 is 6.01 Å². The molecule has 1 aliphatic carbocycles. The molecule has 2 heterocycles. The van der Waals surface area contributed by atoms with Crippen molar-refractivity contribution >= 4 is 5.91 Å². The number of carbonyl (C=O) groups is 1. The number of carbonyl (C=O) groups excluding carboxylic acids is 1. The summed E-state index contributed by atoms with van der Waals surface area (Å²) < 4.78 is 18.5. The normalized spacial score (nSPS) is 19.2. The second kappa shape index (κ2) is 8.12. The predicted octanol–water partition coefficient (Wildman–Crippen LogP) is 2.32. The second-order valence-corrected chi connectivity index (χ2v) is 6.60. The molecule has 0 unspecified atom stereocenters. The molecule has 1 N–H and O–H groups in total. The molecule has 0 radical (unpaired) electrons. The van der Waals surface area contributed by atoms with Crippen molar-refractivity contribution in [3.8, 4) is 11.7 Å². The molecule has 1 aliphatic rings. The zero-order valence-corrected chi connectivity index (χ0v) is 15.0. The van der Waals surface area contributed by atoms with E-state index in [1.165, 1.54) is 11.0 Å². The fraction of sp³-hybridized carbons (Fsp3) is 0.316. The van der Waals surface area contributed by atoms with E-state index in [1.54, 1.807) is 0 Å². The van der Waals surface area contributed by atoms with Crippen molar-refractivity contribution in [1.82, 2.24) is 30.3 Å². The molecule has 0 saturated heterocycles. The van der Waals surface area contributed by atoms with Crippen molar-refractivity contribution in [2.45, 2.75) is 37.8 Å². The van der Waals surface area contributed by atoms with E-state index in [1.807, 2.05) is 30.3 Å². The smallest absolute Gasteiger partial charge is 0.316 e. The molecular weight excluding hydrogens is 363 g/mol. The van der Waals surface area contributed by atoms with Gasteiger partial charge in [0.25, 0.3) is 5.91 Å². The molecule has 0 spiro atoms. The quantitative estimate of drug-likeness (QED) is 0.728. The Balaban J connectivity index is 1.28. The minimum atomic E-state index is -0.497. The summed E-state index contributed by atoms with van der Waals surface area (Å²) in [5, 5.41) is 11.4. The Kier molecular flexibility index (Phi) is 5.22. The summed E-state index contributed by atoms with van der Waals surface area (Å²) in [4.78, 5) is 21.5. The highest BCUT2D eigenvalue weighted by molar-refractivity contribution is 5.92. The van der Waals surface area contributed by atoms with Gasteiger partial charge in [-0.3, -0.25) is 4.79 Å². The Bertz CT molecular complexity index is 923. The van der Waals surface area contributed by atoms with Gasteiger partial charge in [-0.1, -0.05) is 18.2 Å². The maximum absolute atomic E-state index is 12.8. The standard InChI is InChI=1S/C19H19FN6O2/c20-13-10-21-19(22-11-13)28-16-8-6-14(7-9-16)24-18(27)17-12-23-26(25-17)15-4-2-1-3-5-15/h1-5,10-12,14,16H,6-9H2,(H,24,27). The number of benzene rings is 1. The van der Waals surface area contributed by atoms with Crippen LogP contribution in [0.15, 0.2) is 48.9 Å². The van der Waals surface area contributed by atoms with E-state index in [0.29, 0.717) is 0 Å². The molecule has 28 heavy (non-hydrogen) atoms. The number of hydrogen-bond acceptors (Lipinski definition) is 6. The van der Waals surface area contributed by atoms with Gasteiger partial charge < -0.3 is 10.1 Å². The Hall–Kier alpha value is -3.36. The van der Waals surface area contributed by atoms with Gasteiger partial charge in [0.1, 0.15) is 6.10 Å². The Morgan fingerprint density at radius 3 is 2.50 bits per heavy atom. The number of hydrogen-bond donors (Lipinski definition) is 1. The molecule has 0 atom stereocenters. The number of aromatic nitrogens is 5. The lowest BCUT2D eigenvalue weighted by Gasteiger charge is -2.28. The molecule has 9 heteroatoms. The fourth-order valence-electron chi connectivity index (χ4n) is 3.15. The van der Waals surface area contributed by atoms with E-state index >= 15 is 0 Å². The minimum absolute atomic E-state index is 0.0439. The minimum Gasteiger partial charge on any atom is -0.460 e. The van der Waals surface area contributed by atoms with Gasteiger partial charge in [0.2, 0.25) is 0 Å². The third-order valence-electron chi connectivity index (χ3n) is 4.59. The fourth-order valence-corrected chi connectivity index (χ4v) is 3.15. The van der Waals surface area contributed by atoms with E-state index in [2.05, 4.69) is 25.5 Å². The first-order chi connectivity index (χ1) is 13.7. The number of amides is 1. The predicted molar refractivity (Wildman–Crippen MR) is 97.5 cm³/mol. The molecule has 0 bridgehead atoms. The number of para-hydroxylation sites is 1. The van der Waals surface area contributed by atoms with Gasteiger partial charge in [-0.25, -0.2) is 14.4 Å². The molecule has 144 valence electrons. The van der Waals surface area contributed by atoms with Crippen molar-refractivity contribution in [2.24, 2.45) is 0 Å². The summed E-state index contributed by atoms with van der Waals surface area (Å²) in [6.45, 7) is 0. The first-order valence-corrected chi connectivity index (χ1v) is 9.10. The Morgan fingerprint density at radius 2 is 1.79 bits per heavy atom. The van der Waals surface area contributed by atoms with E-state index < -0.39 is 5.82 Å². The largest absolute Gasteiger partial charge is 0.460 e. The topological polar surface area (TPSA) is 94.8 Å². The van der Waals surface area contributed by atoms with Crippen LogP contribution in [-0.2, 0) is 0 Å². The molecule has 0 aliphatic heterocycles. The van der Waals surface area contributed by atoms with Crippen molar-refractivity contribution in [1.29, 1.82) is 0 Å². The zero-order valence-electron chi connectivity index (χ0n) is 15.0. The number of rotatable bonds is 5. The Morgan fingerprint density at radius 1 is 1.07 bits per heavy atom. The third-order valence-corrected chi connectivity index (χ3v) is 4.59. The number of nitrogens with zero attached hydrogens (tertiary/aromatic N) is 5. The second-order valence-electron chi connectivity index (χ2n) is 6.60. The van der Waals surface area contributed by atoms with Crippen LogP contribution in [0.3, 0.4) is 0 Å². The van der Waals surface area contributed by atoms with Crippen LogP contribution in [0.25, 0.3) is 5.69 Å². The van der Waals surface area contributed by atoms with E-state index in [4.69, 9.17) is 4.74 Å². The average Bonchev–Trinajstić information content (AvgIpc) is 3.22. The summed E-state index contributed by atoms with van der Waals surface area (Å²) in [5.74, 6) is -0.739. The lowest BCUT2D eigenvalue weighted by atomic mass is 9.93. The van der Waals surface area contributed by atoms with Gasteiger partial charge in [0.05, 0.1) is 24.3 Å². The van der Waals surface area contributed by atoms with Crippen LogP contribution in [-0.4, -0.2) is 43.0 Å². The summed E-state index contributed by atoms with van der Waals surface area (Å²) in [5.41, 5.74) is 1.07. The lowest BCUT2D eigenvalue weighted by Crippen LogP contribution is -2.40. The third kappa shape index (κ3) is 4.30. The molecule has 1 saturated carbocycles. The van der Waals surface area contributed by atoms with Crippen molar-refractivity contribution in [2.75, 3.05) is 0 Å². The van der Waals surface area contributed by atoms with Gasteiger partial charge in [-0.2, -0.15) is 9.90 Å². The van der Waals surface area contributed by atoms with Crippen molar-refractivity contribution < 1.29 is 13.9 Å². The van der Waals surface area contributed by atoms with Gasteiger partial charge in [-0.15, -0.1) is 5.10 Å². The summed E-state index contributed by atoms with van der Waals surface area (Å²) in [6.07, 6.45) is 6.62. The maximum atomic E-state index is 12.8. The van der Waals surface area contributed by atoms with Crippen LogP contribution >= 0.6 is 0 Å². The summed E-state index contributed by atoms with van der Waals surface area (Å²) in [6, 6.07) is 9.63. The van der Waals surface area contributed by atoms with E-state index in [9.17, 15) is 9.18 Å². The summed E-state index contributed by atoms with van der Waals surface area (Å²) in [7, 11) is 0. The van der Waals surface area contributed by atoms with Crippen LogP contribution in [0.2, 0.25) is 0 Å². The molecule has 2 aromatic heterocycles. The first-order valence-electron chi connectivity index (χ1n) is 9.10. The molecule has 4 rings (SSSR count). The van der Waals surface area contributed by atoms with Gasteiger partial charge in [0, 0.05) is 6.04 Å². The monoisotopic (exact) mass is 382 g/mol. The van der Waals surface area contributed by atoms with Gasteiger partial charge in [0.15, 0.2) is 11.5 Å². The van der Waals surface area contributed by atoms with Crippen LogP contribution in [0.4, 0.5) is 4.39 Å². The van der Waals surface area contributed by atoms with Crippen molar-refractivity contribution in [3.05, 3.63) is 60.4 Å². The lowest BCUT2D eigenvalue weighted by molar-refractivity contribution is 0.0880. The van der Waals surface area contributed by atoms with E-state index in [-0.39, 0.29) is 29.8 Å². The molecule has 3 aromatic rings. The van der Waals surface area contributed by atoms with Crippen LogP contribution in [0.5, 0.6) is 6.01 Å². The SMILES string of the molecule is O=C(NC1CCC(Oc2ncc(F)cn2)CC1)c1cnn(-c2ccccc2)n1.